The van der Waals surface area contributed by atoms with Gasteiger partial charge in [-0.2, -0.15) is 0 Å². The molecule has 1 rings (SSSR count). The minimum Gasteiger partial charge on any atom is -0.373 e. The van der Waals surface area contributed by atoms with Crippen molar-refractivity contribution in [2.24, 2.45) is 0 Å². The molecule has 0 saturated carbocycles. The third-order valence-electron chi connectivity index (χ3n) is 2.69. The largest absolute Gasteiger partial charge is 0.373 e. The molecular weight excluding hydrogens is 172 g/mol. The van der Waals surface area contributed by atoms with Crippen LogP contribution in [-0.2, 0) is 4.74 Å². The third kappa shape index (κ3) is 7.14. The zero-order valence-corrected chi connectivity index (χ0v) is 9.50. The van der Waals surface area contributed by atoms with Crippen molar-refractivity contribution >= 4 is 0 Å². The van der Waals surface area contributed by atoms with Gasteiger partial charge in [0, 0.05) is 0 Å². The van der Waals surface area contributed by atoms with E-state index in [1.165, 1.54) is 44.9 Å². The molecule has 0 aromatic carbocycles. The Morgan fingerprint density at radius 3 is 2.50 bits per heavy atom. The Bertz CT molecular complexity index is 147. The molecule has 1 unspecified atom stereocenters. The maximum absolute atomic E-state index is 5.13. The molecular formula is C13H24O. The monoisotopic (exact) mass is 196 g/mol. The molecule has 0 N–H and O–H groups in total. The maximum atomic E-state index is 5.13. The smallest absolute Gasteiger partial charge is 0.0844 e. The van der Waals surface area contributed by atoms with Crippen LogP contribution >= 0.6 is 0 Å². The summed E-state index contributed by atoms with van der Waals surface area (Å²) >= 11 is 0. The predicted molar refractivity (Wildman–Crippen MR) is 61.5 cm³/mol. The van der Waals surface area contributed by atoms with Gasteiger partial charge in [0.2, 0.25) is 0 Å². The molecule has 1 saturated heterocycles. The maximum Gasteiger partial charge on any atom is 0.0844 e. The molecule has 1 aliphatic heterocycles. The van der Waals surface area contributed by atoms with Gasteiger partial charge in [-0.25, -0.2) is 0 Å². The fourth-order valence-corrected chi connectivity index (χ4v) is 1.61. The van der Waals surface area contributed by atoms with Crippen LogP contribution in [0.2, 0.25) is 0 Å². The van der Waals surface area contributed by atoms with Crippen LogP contribution in [0.5, 0.6) is 0 Å². The second-order valence-corrected chi connectivity index (χ2v) is 4.22. The van der Waals surface area contributed by atoms with Crippen molar-refractivity contribution < 1.29 is 4.74 Å². The Morgan fingerprint density at radius 1 is 1.07 bits per heavy atom. The molecule has 1 aliphatic rings. The molecule has 1 nitrogen and oxygen atoms in total. The zero-order valence-electron chi connectivity index (χ0n) is 9.50. The highest BCUT2D eigenvalue weighted by atomic mass is 16.6. The molecule has 0 aliphatic carbocycles. The van der Waals surface area contributed by atoms with Crippen molar-refractivity contribution in [2.45, 2.75) is 64.4 Å². The van der Waals surface area contributed by atoms with Crippen LogP contribution in [0, 0.1) is 0 Å². The lowest BCUT2D eigenvalue weighted by molar-refractivity contribution is 0.410. The molecule has 0 amide bonds. The lowest BCUT2D eigenvalue weighted by atomic mass is 10.1. The van der Waals surface area contributed by atoms with E-state index in [1.807, 2.05) is 0 Å². The van der Waals surface area contributed by atoms with E-state index < -0.39 is 0 Å². The first-order valence-electron chi connectivity index (χ1n) is 6.20. The highest BCUT2D eigenvalue weighted by molar-refractivity contribution is 4.87. The number of hydrogen-bond acceptors (Lipinski definition) is 1. The van der Waals surface area contributed by atoms with Gasteiger partial charge < -0.3 is 4.74 Å². The van der Waals surface area contributed by atoms with Gasteiger partial charge in [-0.3, -0.25) is 0 Å². The van der Waals surface area contributed by atoms with E-state index in [-0.39, 0.29) is 0 Å². The molecule has 0 bridgehead atoms. The van der Waals surface area contributed by atoms with Crippen molar-refractivity contribution in [1.29, 1.82) is 0 Å². The Balaban J connectivity index is 1.72. The van der Waals surface area contributed by atoms with Crippen LogP contribution in [0.15, 0.2) is 12.2 Å². The average molecular weight is 196 g/mol. The minimum atomic E-state index is 0.566. The number of allylic oxidation sites excluding steroid dienone is 1. The molecule has 0 aromatic heterocycles. The number of ether oxygens (including phenoxy) is 1. The van der Waals surface area contributed by atoms with E-state index in [2.05, 4.69) is 19.1 Å². The molecule has 0 spiro atoms. The Labute approximate surface area is 88.5 Å². The van der Waals surface area contributed by atoms with Crippen molar-refractivity contribution in [1.82, 2.24) is 0 Å². The summed E-state index contributed by atoms with van der Waals surface area (Å²) in [7, 11) is 0. The summed E-state index contributed by atoms with van der Waals surface area (Å²) in [5.74, 6) is 0. The first-order chi connectivity index (χ1) is 6.93. The van der Waals surface area contributed by atoms with E-state index in [4.69, 9.17) is 4.74 Å². The number of epoxide rings is 1. The first kappa shape index (κ1) is 11.8. The average Bonchev–Trinajstić information content (AvgIpc) is 2.99. The number of hydrogen-bond donors (Lipinski definition) is 0. The van der Waals surface area contributed by atoms with Crippen molar-refractivity contribution in [3.05, 3.63) is 12.2 Å². The zero-order chi connectivity index (χ0) is 10.1. The SMILES string of the molecule is CCCCCCCC/C=C\CC1CO1. The fraction of sp³-hybridized carbons (Fsp3) is 0.846. The van der Waals surface area contributed by atoms with E-state index in [0.717, 1.165) is 13.0 Å². The summed E-state index contributed by atoms with van der Waals surface area (Å²) in [4.78, 5) is 0. The van der Waals surface area contributed by atoms with Gasteiger partial charge in [-0.1, -0.05) is 51.2 Å². The molecule has 14 heavy (non-hydrogen) atoms. The summed E-state index contributed by atoms with van der Waals surface area (Å²) < 4.78 is 5.13. The molecule has 1 heteroatoms. The lowest BCUT2D eigenvalue weighted by Gasteiger charge is -1.97. The third-order valence-corrected chi connectivity index (χ3v) is 2.69. The van der Waals surface area contributed by atoms with Crippen LogP contribution in [0.4, 0.5) is 0 Å². The minimum absolute atomic E-state index is 0.566. The summed E-state index contributed by atoms with van der Waals surface area (Å²) in [6.07, 6.45) is 16.0. The first-order valence-corrected chi connectivity index (χ1v) is 6.20. The van der Waals surface area contributed by atoms with Gasteiger partial charge in [-0.05, 0) is 19.3 Å². The second-order valence-electron chi connectivity index (χ2n) is 4.22. The van der Waals surface area contributed by atoms with E-state index in [0.29, 0.717) is 6.10 Å². The van der Waals surface area contributed by atoms with Gasteiger partial charge in [0.15, 0.2) is 0 Å². The lowest BCUT2D eigenvalue weighted by Crippen LogP contribution is -1.80. The Kier molecular flexibility index (Phi) is 6.77. The van der Waals surface area contributed by atoms with E-state index in [1.54, 1.807) is 0 Å². The fourth-order valence-electron chi connectivity index (χ4n) is 1.61. The summed E-state index contributed by atoms with van der Waals surface area (Å²) in [5.41, 5.74) is 0. The van der Waals surface area contributed by atoms with Crippen molar-refractivity contribution in [3.8, 4) is 0 Å². The predicted octanol–water partition coefficient (Wildman–Crippen LogP) is 4.08. The quantitative estimate of drug-likeness (QED) is 0.307. The molecule has 0 radical (unpaired) electrons. The highest BCUT2D eigenvalue weighted by Gasteiger charge is 2.19. The normalized spacial score (nSPS) is 20.5. The van der Waals surface area contributed by atoms with Gasteiger partial charge >= 0.3 is 0 Å². The number of unbranched alkanes of at least 4 members (excludes halogenated alkanes) is 6. The van der Waals surface area contributed by atoms with Crippen LogP contribution < -0.4 is 0 Å². The van der Waals surface area contributed by atoms with Crippen LogP contribution in [0.1, 0.15) is 58.3 Å². The summed E-state index contributed by atoms with van der Waals surface area (Å²) in [6.45, 7) is 3.25. The topological polar surface area (TPSA) is 12.5 Å². The Morgan fingerprint density at radius 2 is 1.79 bits per heavy atom. The van der Waals surface area contributed by atoms with Gasteiger partial charge in [-0.15, -0.1) is 0 Å². The number of rotatable bonds is 9. The van der Waals surface area contributed by atoms with Crippen LogP contribution in [0.3, 0.4) is 0 Å². The van der Waals surface area contributed by atoms with Crippen molar-refractivity contribution in [2.75, 3.05) is 6.61 Å². The van der Waals surface area contributed by atoms with E-state index >= 15 is 0 Å². The summed E-state index contributed by atoms with van der Waals surface area (Å²) in [6, 6.07) is 0. The Hall–Kier alpha value is -0.300. The van der Waals surface area contributed by atoms with Crippen LogP contribution in [-0.4, -0.2) is 12.7 Å². The molecule has 1 atom stereocenters. The molecule has 1 heterocycles. The van der Waals surface area contributed by atoms with Gasteiger partial charge in [0.1, 0.15) is 0 Å². The molecule has 82 valence electrons. The second kappa shape index (κ2) is 8.05. The van der Waals surface area contributed by atoms with Gasteiger partial charge in [0.05, 0.1) is 12.7 Å². The summed E-state index contributed by atoms with van der Waals surface area (Å²) in [5, 5.41) is 0. The highest BCUT2D eigenvalue weighted by Crippen LogP contribution is 2.14. The standard InChI is InChI=1S/C13H24O/c1-2-3-4-5-6-7-8-9-10-11-13-12-14-13/h9-10,13H,2-8,11-12H2,1H3/b10-9-. The molecule has 0 aromatic rings. The van der Waals surface area contributed by atoms with Crippen molar-refractivity contribution in [3.63, 3.8) is 0 Å². The van der Waals surface area contributed by atoms with Gasteiger partial charge in [0.25, 0.3) is 0 Å². The molecule has 1 fully saturated rings. The van der Waals surface area contributed by atoms with E-state index in [9.17, 15) is 0 Å². The van der Waals surface area contributed by atoms with Crippen LogP contribution in [0.25, 0.3) is 0 Å².